The molecule has 18 heavy (non-hydrogen) atoms. The van der Waals surface area contributed by atoms with Gasteiger partial charge in [0, 0.05) is 36.6 Å². The Balaban J connectivity index is 1.74. The van der Waals surface area contributed by atoms with Gasteiger partial charge in [-0.3, -0.25) is 9.59 Å². The summed E-state index contributed by atoms with van der Waals surface area (Å²) in [4.78, 5) is 27.5. The number of amides is 1. The first kappa shape index (κ1) is 11.0. The molecule has 0 atom stereocenters. The zero-order valence-electron chi connectivity index (χ0n) is 9.98. The Bertz CT molecular complexity index is 615. The van der Waals surface area contributed by atoms with Crippen molar-refractivity contribution in [2.75, 3.05) is 13.1 Å². The van der Waals surface area contributed by atoms with Crippen LogP contribution < -0.4 is 0 Å². The third kappa shape index (κ3) is 1.79. The molecule has 0 spiro atoms. The number of aromatic nitrogens is 1. The Labute approximate surface area is 105 Å². The summed E-state index contributed by atoms with van der Waals surface area (Å²) < 4.78 is 0. The first-order valence-corrected chi connectivity index (χ1v) is 6.13. The lowest BCUT2D eigenvalue weighted by atomic mass is 10.1. The lowest BCUT2D eigenvalue weighted by Gasteiger charge is -2.13. The lowest BCUT2D eigenvalue weighted by molar-refractivity contribution is -0.139. The number of Topliss-reactive ketones (excluding diaryl/α,β-unsaturated/α-hetero) is 1. The van der Waals surface area contributed by atoms with E-state index in [1.165, 1.54) is 10.9 Å². The Morgan fingerprint density at radius 3 is 2.83 bits per heavy atom. The van der Waals surface area contributed by atoms with E-state index in [1.807, 2.05) is 24.4 Å². The Hall–Kier alpha value is -2.10. The first-order chi connectivity index (χ1) is 8.75. The van der Waals surface area contributed by atoms with Gasteiger partial charge in [0.05, 0.1) is 0 Å². The largest absolute Gasteiger partial charge is 0.361 e. The molecule has 0 unspecified atom stereocenters. The summed E-state index contributed by atoms with van der Waals surface area (Å²) in [6, 6.07) is 8.09. The van der Waals surface area contributed by atoms with E-state index in [1.54, 1.807) is 4.90 Å². The minimum Gasteiger partial charge on any atom is -0.361 e. The summed E-state index contributed by atoms with van der Waals surface area (Å²) in [5.41, 5.74) is 2.30. The fraction of sp³-hybridized carbons (Fsp3) is 0.286. The normalized spacial score (nSPS) is 15.9. The number of benzene rings is 1. The van der Waals surface area contributed by atoms with E-state index in [0.717, 1.165) is 11.9 Å². The molecule has 0 saturated carbocycles. The molecule has 3 rings (SSSR count). The van der Waals surface area contributed by atoms with Crippen molar-refractivity contribution >= 4 is 22.6 Å². The molecule has 1 amide bonds. The van der Waals surface area contributed by atoms with Crippen LogP contribution in [-0.2, 0) is 16.0 Å². The average molecular weight is 242 g/mol. The molecule has 1 N–H and O–H groups in total. The second kappa shape index (κ2) is 4.29. The molecule has 2 heterocycles. The number of ketones is 1. The Kier molecular flexibility index (Phi) is 2.63. The molecule has 1 saturated heterocycles. The van der Waals surface area contributed by atoms with Gasteiger partial charge in [0.1, 0.15) is 0 Å². The number of hydrogen-bond donors (Lipinski definition) is 1. The highest BCUT2D eigenvalue weighted by molar-refractivity contribution is 6.37. The van der Waals surface area contributed by atoms with E-state index >= 15 is 0 Å². The highest BCUT2D eigenvalue weighted by Gasteiger charge is 2.28. The number of hydrogen-bond acceptors (Lipinski definition) is 2. The molecular formula is C14H14N2O2. The van der Waals surface area contributed by atoms with Crippen molar-refractivity contribution < 1.29 is 9.59 Å². The predicted octanol–water partition coefficient (Wildman–Crippen LogP) is 1.51. The summed E-state index contributed by atoms with van der Waals surface area (Å²) in [5.74, 6) is -0.580. The van der Waals surface area contributed by atoms with Crippen LogP contribution in [0.5, 0.6) is 0 Å². The van der Waals surface area contributed by atoms with E-state index in [2.05, 4.69) is 11.1 Å². The van der Waals surface area contributed by atoms with Crippen LogP contribution in [0.4, 0.5) is 0 Å². The average Bonchev–Trinajstić information content (AvgIpc) is 2.94. The summed E-state index contributed by atoms with van der Waals surface area (Å²) in [6.45, 7) is 1.19. The molecule has 1 fully saturated rings. The van der Waals surface area contributed by atoms with Crippen molar-refractivity contribution in [2.24, 2.45) is 0 Å². The number of nitrogens with one attached hydrogen (secondary N) is 1. The second-order valence-electron chi connectivity index (χ2n) is 4.57. The van der Waals surface area contributed by atoms with Gasteiger partial charge in [-0.1, -0.05) is 18.2 Å². The molecular weight excluding hydrogens is 228 g/mol. The quantitative estimate of drug-likeness (QED) is 0.829. The van der Waals surface area contributed by atoms with Crippen molar-refractivity contribution in [2.45, 2.75) is 12.8 Å². The zero-order valence-corrected chi connectivity index (χ0v) is 9.98. The monoisotopic (exact) mass is 242 g/mol. The molecule has 0 aliphatic carbocycles. The van der Waals surface area contributed by atoms with Crippen LogP contribution in [0.15, 0.2) is 30.5 Å². The fourth-order valence-electron chi connectivity index (χ4n) is 2.43. The standard InChI is InChI=1S/C14H14N2O2/c17-13-6-8-16(14(13)18)7-5-10-9-15-12-4-2-1-3-11(10)12/h1-4,9,15H,5-8H2. The number of likely N-dealkylation sites (tertiary alicyclic amines) is 1. The van der Waals surface area contributed by atoms with Crippen molar-refractivity contribution in [3.63, 3.8) is 0 Å². The lowest BCUT2D eigenvalue weighted by Crippen LogP contribution is -2.29. The maximum absolute atomic E-state index is 11.5. The van der Waals surface area contributed by atoms with Crippen molar-refractivity contribution in [1.82, 2.24) is 9.88 Å². The van der Waals surface area contributed by atoms with E-state index < -0.39 is 0 Å². The van der Waals surface area contributed by atoms with Crippen LogP contribution in [0, 0.1) is 0 Å². The highest BCUT2D eigenvalue weighted by Crippen LogP contribution is 2.19. The van der Waals surface area contributed by atoms with Gasteiger partial charge < -0.3 is 9.88 Å². The number of para-hydroxylation sites is 1. The van der Waals surface area contributed by atoms with E-state index in [0.29, 0.717) is 19.5 Å². The van der Waals surface area contributed by atoms with Gasteiger partial charge in [-0.15, -0.1) is 0 Å². The van der Waals surface area contributed by atoms with Gasteiger partial charge >= 0.3 is 0 Å². The minimum atomic E-state index is -0.324. The number of fused-ring (bicyclic) bond motifs is 1. The fourth-order valence-corrected chi connectivity index (χ4v) is 2.43. The Morgan fingerprint density at radius 2 is 2.06 bits per heavy atom. The topological polar surface area (TPSA) is 53.2 Å². The number of carbonyl (C=O) groups is 2. The molecule has 1 aromatic heterocycles. The summed E-state index contributed by atoms with van der Waals surface area (Å²) in [6.07, 6.45) is 3.13. The number of nitrogens with zero attached hydrogens (tertiary/aromatic N) is 1. The van der Waals surface area contributed by atoms with E-state index in [9.17, 15) is 9.59 Å². The van der Waals surface area contributed by atoms with Gasteiger partial charge in [-0.25, -0.2) is 0 Å². The van der Waals surface area contributed by atoms with Crippen LogP contribution in [-0.4, -0.2) is 34.7 Å². The van der Waals surface area contributed by atoms with E-state index in [-0.39, 0.29) is 11.7 Å². The Morgan fingerprint density at radius 1 is 1.22 bits per heavy atom. The molecule has 92 valence electrons. The smallest absolute Gasteiger partial charge is 0.290 e. The third-order valence-corrected chi connectivity index (χ3v) is 3.46. The van der Waals surface area contributed by atoms with Crippen LogP contribution in [0.2, 0.25) is 0 Å². The molecule has 0 radical (unpaired) electrons. The minimum absolute atomic E-state index is 0.256. The van der Waals surface area contributed by atoms with E-state index in [4.69, 9.17) is 0 Å². The van der Waals surface area contributed by atoms with Crippen molar-refractivity contribution in [1.29, 1.82) is 0 Å². The zero-order chi connectivity index (χ0) is 12.5. The van der Waals surface area contributed by atoms with Gasteiger partial charge in [0.25, 0.3) is 5.91 Å². The van der Waals surface area contributed by atoms with Crippen LogP contribution in [0.3, 0.4) is 0 Å². The van der Waals surface area contributed by atoms with Crippen LogP contribution >= 0.6 is 0 Å². The highest BCUT2D eigenvalue weighted by atomic mass is 16.2. The molecule has 4 nitrogen and oxygen atoms in total. The maximum Gasteiger partial charge on any atom is 0.290 e. The van der Waals surface area contributed by atoms with Gasteiger partial charge in [-0.2, -0.15) is 0 Å². The number of H-pyrrole nitrogens is 1. The molecule has 4 heteroatoms. The maximum atomic E-state index is 11.5. The van der Waals surface area contributed by atoms with Gasteiger partial charge in [-0.05, 0) is 18.1 Å². The molecule has 2 aromatic rings. The number of aromatic amines is 1. The van der Waals surface area contributed by atoms with Gasteiger partial charge in [0.15, 0.2) is 0 Å². The van der Waals surface area contributed by atoms with Gasteiger partial charge in [0.2, 0.25) is 5.78 Å². The first-order valence-electron chi connectivity index (χ1n) is 6.13. The molecule has 0 bridgehead atoms. The van der Waals surface area contributed by atoms with Crippen molar-refractivity contribution in [3.05, 3.63) is 36.0 Å². The van der Waals surface area contributed by atoms with Crippen LogP contribution in [0.25, 0.3) is 10.9 Å². The summed E-state index contributed by atoms with van der Waals surface area (Å²) in [5, 5.41) is 1.19. The number of rotatable bonds is 3. The van der Waals surface area contributed by atoms with Crippen molar-refractivity contribution in [3.8, 4) is 0 Å². The van der Waals surface area contributed by atoms with Crippen LogP contribution in [0.1, 0.15) is 12.0 Å². The second-order valence-corrected chi connectivity index (χ2v) is 4.57. The third-order valence-electron chi connectivity index (χ3n) is 3.46. The molecule has 1 aromatic carbocycles. The summed E-state index contributed by atoms with van der Waals surface area (Å²) in [7, 11) is 0. The molecule has 1 aliphatic heterocycles. The summed E-state index contributed by atoms with van der Waals surface area (Å²) >= 11 is 0. The predicted molar refractivity (Wildman–Crippen MR) is 68.2 cm³/mol. The number of carbonyl (C=O) groups excluding carboxylic acids is 2. The SMILES string of the molecule is O=C1CCN(CCc2c[nH]c3ccccc23)C1=O. The molecule has 1 aliphatic rings.